The lowest BCUT2D eigenvalue weighted by Crippen LogP contribution is -2.40. The molecule has 0 saturated carbocycles. The van der Waals surface area contributed by atoms with Gasteiger partial charge in [-0.2, -0.15) is 0 Å². The van der Waals surface area contributed by atoms with Crippen molar-refractivity contribution in [2.75, 3.05) is 33.9 Å². The zero-order valence-electron chi connectivity index (χ0n) is 14.9. The molecule has 0 fully saturated rings. The van der Waals surface area contributed by atoms with Crippen molar-refractivity contribution in [1.29, 1.82) is 0 Å². The number of nitrogens with one attached hydrogen (secondary N) is 1. The summed E-state index contributed by atoms with van der Waals surface area (Å²) in [6, 6.07) is 11.4. The minimum absolute atomic E-state index is 0.0249. The van der Waals surface area contributed by atoms with E-state index in [9.17, 15) is 9.59 Å². The predicted octanol–water partition coefficient (Wildman–Crippen LogP) is 2.21. The van der Waals surface area contributed by atoms with Gasteiger partial charge in [-0.1, -0.05) is 19.1 Å². The van der Waals surface area contributed by atoms with Crippen LogP contribution in [0.4, 0.5) is 0 Å². The number of methoxy groups -OCH3 is 1. The van der Waals surface area contributed by atoms with Crippen LogP contribution in [0.2, 0.25) is 0 Å². The standard InChI is InChI=1S/C19H24N2O4/c1-4-9-20-18(22)12-21(2)19(23)13-25-17-8-6-14-5-7-16(24-3)10-15(14)11-17/h5-8,10-11H,4,9,12-13H2,1-3H3,(H,20,22). The first-order valence-corrected chi connectivity index (χ1v) is 8.24. The number of likely N-dealkylation sites (N-methyl/N-ethyl adjacent to an activating group) is 1. The molecular weight excluding hydrogens is 320 g/mol. The molecule has 2 amide bonds. The Balaban J connectivity index is 1.92. The Hall–Kier alpha value is -2.76. The molecule has 2 aromatic carbocycles. The monoisotopic (exact) mass is 344 g/mol. The van der Waals surface area contributed by atoms with Crippen LogP contribution in [0.15, 0.2) is 36.4 Å². The van der Waals surface area contributed by atoms with Crippen LogP contribution in [0.25, 0.3) is 10.8 Å². The minimum Gasteiger partial charge on any atom is -0.497 e. The van der Waals surface area contributed by atoms with Gasteiger partial charge in [-0.3, -0.25) is 9.59 Å². The second-order valence-corrected chi connectivity index (χ2v) is 5.76. The maximum absolute atomic E-state index is 12.1. The molecule has 25 heavy (non-hydrogen) atoms. The molecule has 1 N–H and O–H groups in total. The maximum atomic E-state index is 12.1. The molecule has 0 aromatic heterocycles. The van der Waals surface area contributed by atoms with E-state index in [2.05, 4.69) is 5.32 Å². The molecule has 6 nitrogen and oxygen atoms in total. The largest absolute Gasteiger partial charge is 0.497 e. The molecule has 0 bridgehead atoms. The van der Waals surface area contributed by atoms with E-state index in [1.165, 1.54) is 4.90 Å². The van der Waals surface area contributed by atoms with E-state index in [0.29, 0.717) is 12.3 Å². The molecule has 134 valence electrons. The lowest BCUT2D eigenvalue weighted by Gasteiger charge is -2.17. The summed E-state index contributed by atoms with van der Waals surface area (Å²) < 4.78 is 10.8. The summed E-state index contributed by atoms with van der Waals surface area (Å²) in [7, 11) is 3.20. The van der Waals surface area contributed by atoms with Crippen LogP contribution in [-0.4, -0.2) is 50.6 Å². The number of nitrogens with zero attached hydrogens (tertiary/aromatic N) is 1. The topological polar surface area (TPSA) is 67.9 Å². The molecule has 0 aliphatic rings. The maximum Gasteiger partial charge on any atom is 0.260 e. The Morgan fingerprint density at radius 2 is 1.76 bits per heavy atom. The number of rotatable bonds is 8. The Labute approximate surface area is 147 Å². The Morgan fingerprint density at radius 3 is 2.44 bits per heavy atom. The number of fused-ring (bicyclic) bond motifs is 1. The van der Waals surface area contributed by atoms with Gasteiger partial charge in [0, 0.05) is 13.6 Å². The van der Waals surface area contributed by atoms with E-state index >= 15 is 0 Å². The highest BCUT2D eigenvalue weighted by Crippen LogP contribution is 2.24. The van der Waals surface area contributed by atoms with E-state index < -0.39 is 0 Å². The lowest BCUT2D eigenvalue weighted by atomic mass is 10.1. The molecular formula is C19H24N2O4. The summed E-state index contributed by atoms with van der Waals surface area (Å²) in [5.41, 5.74) is 0. The fourth-order valence-corrected chi connectivity index (χ4v) is 2.30. The average Bonchev–Trinajstić information content (AvgIpc) is 2.63. The highest BCUT2D eigenvalue weighted by atomic mass is 16.5. The number of benzene rings is 2. The van der Waals surface area contributed by atoms with E-state index in [0.717, 1.165) is 22.9 Å². The van der Waals surface area contributed by atoms with Crippen LogP contribution >= 0.6 is 0 Å². The highest BCUT2D eigenvalue weighted by Gasteiger charge is 2.13. The van der Waals surface area contributed by atoms with Gasteiger partial charge in [0.1, 0.15) is 11.5 Å². The molecule has 0 aliphatic heterocycles. The van der Waals surface area contributed by atoms with E-state index in [4.69, 9.17) is 9.47 Å². The van der Waals surface area contributed by atoms with Crippen LogP contribution in [0.3, 0.4) is 0 Å². The molecule has 0 saturated heterocycles. The van der Waals surface area contributed by atoms with Gasteiger partial charge in [0.15, 0.2) is 6.61 Å². The van der Waals surface area contributed by atoms with Gasteiger partial charge in [-0.15, -0.1) is 0 Å². The summed E-state index contributed by atoms with van der Waals surface area (Å²) in [5.74, 6) is 0.935. The Bertz CT molecular complexity index is 745. The van der Waals surface area contributed by atoms with Crippen molar-refractivity contribution in [3.8, 4) is 11.5 Å². The third kappa shape index (κ3) is 5.38. The van der Waals surface area contributed by atoms with Gasteiger partial charge < -0.3 is 19.7 Å². The molecule has 0 spiro atoms. The number of carbonyl (C=O) groups is 2. The predicted molar refractivity (Wildman–Crippen MR) is 96.9 cm³/mol. The number of hydrogen-bond acceptors (Lipinski definition) is 4. The first kappa shape index (κ1) is 18.6. The van der Waals surface area contributed by atoms with Crippen LogP contribution in [0.5, 0.6) is 11.5 Å². The first-order valence-electron chi connectivity index (χ1n) is 8.24. The summed E-state index contributed by atoms with van der Waals surface area (Å²) in [6.45, 7) is 2.49. The van der Waals surface area contributed by atoms with Crippen LogP contribution in [0, 0.1) is 0 Å². The lowest BCUT2D eigenvalue weighted by molar-refractivity contribution is -0.136. The molecule has 6 heteroatoms. The summed E-state index contributed by atoms with van der Waals surface area (Å²) in [5, 5.41) is 4.77. The molecule has 0 atom stereocenters. The Morgan fingerprint density at radius 1 is 1.08 bits per heavy atom. The zero-order chi connectivity index (χ0) is 18.2. The number of amides is 2. The molecule has 0 heterocycles. The second-order valence-electron chi connectivity index (χ2n) is 5.76. The summed E-state index contributed by atoms with van der Waals surface area (Å²) >= 11 is 0. The van der Waals surface area contributed by atoms with Crippen LogP contribution < -0.4 is 14.8 Å². The van der Waals surface area contributed by atoms with Gasteiger partial charge in [-0.25, -0.2) is 0 Å². The third-order valence-electron chi connectivity index (χ3n) is 3.76. The van der Waals surface area contributed by atoms with Crippen molar-refractivity contribution < 1.29 is 19.1 Å². The molecule has 0 unspecified atom stereocenters. The van der Waals surface area contributed by atoms with Crippen molar-refractivity contribution >= 4 is 22.6 Å². The average molecular weight is 344 g/mol. The van der Waals surface area contributed by atoms with E-state index in [-0.39, 0.29) is 25.0 Å². The fourth-order valence-electron chi connectivity index (χ4n) is 2.30. The van der Waals surface area contributed by atoms with E-state index in [1.54, 1.807) is 14.2 Å². The smallest absolute Gasteiger partial charge is 0.260 e. The van der Waals surface area contributed by atoms with Gasteiger partial charge in [0.25, 0.3) is 5.91 Å². The van der Waals surface area contributed by atoms with Gasteiger partial charge in [-0.05, 0) is 41.5 Å². The number of hydrogen-bond donors (Lipinski definition) is 1. The summed E-state index contributed by atoms with van der Waals surface area (Å²) in [4.78, 5) is 25.1. The van der Waals surface area contributed by atoms with Gasteiger partial charge in [0.05, 0.1) is 13.7 Å². The van der Waals surface area contributed by atoms with Crippen molar-refractivity contribution in [2.24, 2.45) is 0 Å². The van der Waals surface area contributed by atoms with E-state index in [1.807, 2.05) is 43.3 Å². The zero-order valence-corrected chi connectivity index (χ0v) is 14.9. The van der Waals surface area contributed by atoms with Crippen molar-refractivity contribution in [3.05, 3.63) is 36.4 Å². The van der Waals surface area contributed by atoms with Crippen molar-refractivity contribution in [2.45, 2.75) is 13.3 Å². The minimum atomic E-state index is -0.252. The van der Waals surface area contributed by atoms with Gasteiger partial charge in [0.2, 0.25) is 5.91 Å². The van der Waals surface area contributed by atoms with Gasteiger partial charge >= 0.3 is 0 Å². The normalized spacial score (nSPS) is 10.4. The molecule has 0 aliphatic carbocycles. The van der Waals surface area contributed by atoms with Crippen molar-refractivity contribution in [3.63, 3.8) is 0 Å². The highest BCUT2D eigenvalue weighted by molar-refractivity contribution is 5.86. The third-order valence-corrected chi connectivity index (χ3v) is 3.76. The SMILES string of the molecule is CCCNC(=O)CN(C)C(=O)COc1ccc2ccc(OC)cc2c1. The summed E-state index contributed by atoms with van der Waals surface area (Å²) in [6.07, 6.45) is 0.860. The molecule has 2 rings (SSSR count). The first-order chi connectivity index (χ1) is 12.0. The molecule has 2 aromatic rings. The number of carbonyl (C=O) groups excluding carboxylic acids is 2. The van der Waals surface area contributed by atoms with Crippen molar-refractivity contribution in [1.82, 2.24) is 10.2 Å². The second kappa shape index (κ2) is 8.92. The van der Waals surface area contributed by atoms with Crippen LogP contribution in [0.1, 0.15) is 13.3 Å². The Kier molecular flexibility index (Phi) is 6.62. The fraction of sp³-hybridized carbons (Fsp3) is 0.368. The van der Waals surface area contributed by atoms with Crippen LogP contribution in [-0.2, 0) is 9.59 Å². The molecule has 0 radical (unpaired) electrons. The number of ether oxygens (including phenoxy) is 2. The quantitative estimate of drug-likeness (QED) is 0.797.